The molecule has 1 N–H and O–H groups in total. The van der Waals surface area contributed by atoms with E-state index in [1.54, 1.807) is 24.1 Å². The van der Waals surface area contributed by atoms with E-state index in [-0.39, 0.29) is 47.8 Å². The first kappa shape index (κ1) is 35.1. The number of hydrogen-bond donors (Lipinski definition) is 1. The van der Waals surface area contributed by atoms with Crippen LogP contribution in [0.1, 0.15) is 89.2 Å². The second-order valence-corrected chi connectivity index (χ2v) is 19.9. The van der Waals surface area contributed by atoms with Crippen LogP contribution in [-0.2, 0) is 18.7 Å². The Morgan fingerprint density at radius 3 is 2.02 bits per heavy atom. The van der Waals surface area contributed by atoms with E-state index >= 15 is 0 Å². The summed E-state index contributed by atoms with van der Waals surface area (Å²) in [4.78, 5) is 29.8. The van der Waals surface area contributed by atoms with Gasteiger partial charge in [0.2, 0.25) is 5.91 Å². The Kier molecular flexibility index (Phi) is 11.2. The van der Waals surface area contributed by atoms with Crippen LogP contribution in [0, 0.1) is 0 Å². The first-order valence-electron chi connectivity index (χ1n) is 16.3. The van der Waals surface area contributed by atoms with E-state index in [1.807, 2.05) is 63.2 Å². The highest BCUT2D eigenvalue weighted by Gasteiger charge is 2.42. The van der Waals surface area contributed by atoms with Crippen molar-refractivity contribution < 1.29 is 28.2 Å². The third-order valence-electron chi connectivity index (χ3n) is 9.30. The van der Waals surface area contributed by atoms with Gasteiger partial charge < -0.3 is 28.9 Å². The predicted octanol–water partition coefficient (Wildman–Crippen LogP) is 6.91. The molecular formula is C36H54N2O6Si. The lowest BCUT2D eigenvalue weighted by Crippen LogP contribution is -2.51. The number of benzene rings is 2. The number of amides is 2. The Balaban J connectivity index is 1.52. The first-order chi connectivity index (χ1) is 21.1. The van der Waals surface area contributed by atoms with E-state index in [0.717, 1.165) is 25.7 Å². The van der Waals surface area contributed by atoms with Gasteiger partial charge in [-0.2, -0.15) is 0 Å². The van der Waals surface area contributed by atoms with Crippen LogP contribution in [-0.4, -0.2) is 75.2 Å². The largest absolute Gasteiger partial charge is 0.497 e. The average molecular weight is 639 g/mol. The van der Waals surface area contributed by atoms with Gasteiger partial charge in [0, 0.05) is 17.6 Å². The molecule has 45 heavy (non-hydrogen) atoms. The molecule has 2 heterocycles. The van der Waals surface area contributed by atoms with Crippen LogP contribution in [0.4, 0.5) is 0 Å². The molecule has 0 aliphatic carbocycles. The van der Waals surface area contributed by atoms with E-state index in [4.69, 9.17) is 18.6 Å². The minimum atomic E-state index is -1.85. The number of carbonyl (C=O) groups is 2. The van der Waals surface area contributed by atoms with Crippen LogP contribution < -0.4 is 10.1 Å². The summed E-state index contributed by atoms with van der Waals surface area (Å²) in [6.07, 6.45) is 3.31. The number of nitrogens with one attached hydrogen (secondary N) is 1. The third kappa shape index (κ3) is 9.18. The van der Waals surface area contributed by atoms with Gasteiger partial charge in [0.15, 0.2) is 8.32 Å². The zero-order valence-corrected chi connectivity index (χ0v) is 29.7. The summed E-state index contributed by atoms with van der Waals surface area (Å²) in [5, 5.41) is 3.27. The summed E-state index contributed by atoms with van der Waals surface area (Å²) < 4.78 is 24.9. The molecule has 0 spiro atoms. The summed E-state index contributed by atoms with van der Waals surface area (Å²) in [6.45, 7) is 18.0. The van der Waals surface area contributed by atoms with Gasteiger partial charge in [-0.25, -0.2) is 0 Å². The molecule has 0 saturated carbocycles. The fraction of sp³-hybridized carbons (Fsp3) is 0.611. The molecule has 2 fully saturated rings. The Morgan fingerprint density at radius 2 is 1.47 bits per heavy atom. The Hall–Kier alpha value is -2.72. The third-order valence-corrected chi connectivity index (χ3v) is 13.8. The molecule has 2 aromatic carbocycles. The summed E-state index contributed by atoms with van der Waals surface area (Å²) in [5.41, 5.74) is 0.751. The summed E-state index contributed by atoms with van der Waals surface area (Å²) in [7, 11) is -0.245. The summed E-state index contributed by atoms with van der Waals surface area (Å²) >= 11 is 0. The molecule has 2 aromatic rings. The van der Waals surface area contributed by atoms with Gasteiger partial charge in [0.1, 0.15) is 11.8 Å². The zero-order valence-electron chi connectivity index (χ0n) is 28.7. The predicted molar refractivity (Wildman–Crippen MR) is 180 cm³/mol. The summed E-state index contributed by atoms with van der Waals surface area (Å²) in [6, 6.07) is 15.6. The Bertz CT molecular complexity index is 1270. The lowest BCUT2D eigenvalue weighted by atomic mass is 9.99. The number of rotatable bonds is 11. The van der Waals surface area contributed by atoms with Gasteiger partial charge in [0.25, 0.3) is 5.91 Å². The highest BCUT2D eigenvalue weighted by atomic mass is 28.4. The molecule has 0 aromatic heterocycles. The van der Waals surface area contributed by atoms with Crippen LogP contribution in [0.3, 0.4) is 0 Å². The highest BCUT2D eigenvalue weighted by molar-refractivity contribution is 6.74. The summed E-state index contributed by atoms with van der Waals surface area (Å²) in [5.74, 6) is 0.226. The van der Waals surface area contributed by atoms with Crippen molar-refractivity contribution in [3.05, 3.63) is 65.7 Å². The quantitative estimate of drug-likeness (QED) is 0.269. The molecule has 2 saturated heterocycles. The van der Waals surface area contributed by atoms with Crippen molar-refractivity contribution in [2.45, 2.75) is 121 Å². The van der Waals surface area contributed by atoms with Crippen LogP contribution in [0.2, 0.25) is 18.1 Å². The van der Waals surface area contributed by atoms with Gasteiger partial charge in [-0.3, -0.25) is 9.59 Å². The van der Waals surface area contributed by atoms with Crippen molar-refractivity contribution in [1.82, 2.24) is 10.2 Å². The highest BCUT2D eigenvalue weighted by Crippen LogP contribution is 2.38. The molecule has 2 aliphatic heterocycles. The normalized spacial score (nSPS) is 23.0. The number of carbonyl (C=O) groups excluding carboxylic acids is 2. The Morgan fingerprint density at radius 1 is 0.889 bits per heavy atom. The van der Waals surface area contributed by atoms with Crippen LogP contribution >= 0.6 is 0 Å². The second-order valence-electron chi connectivity index (χ2n) is 15.1. The van der Waals surface area contributed by atoms with Crippen LogP contribution in [0.15, 0.2) is 54.6 Å². The molecule has 2 aliphatic rings. The fourth-order valence-corrected chi connectivity index (χ4v) is 6.79. The van der Waals surface area contributed by atoms with Gasteiger partial charge in [-0.1, -0.05) is 51.1 Å². The van der Waals surface area contributed by atoms with Gasteiger partial charge in [-0.15, -0.1) is 0 Å². The molecule has 248 valence electrons. The van der Waals surface area contributed by atoms with E-state index in [9.17, 15) is 9.59 Å². The van der Waals surface area contributed by atoms with Crippen molar-refractivity contribution in [2.75, 3.05) is 20.3 Å². The standard InChI is InChI=1S/C36H54N2O6Si/c1-35(2,3)37-33(39)32(25-15-17-27(41-7)18-16-25)38(34(40)26-13-11-10-12-14-26)23-28-19-21-30(43-28)31-22-20-29(44-31)24-42-45(8,9)36(4,5)6/h10-18,28-32H,19-24H2,1-9H3,(H,37,39)/t28-,29-,30+,31+,32?/m1/s1. The van der Waals surface area contributed by atoms with E-state index in [1.165, 1.54) is 0 Å². The SMILES string of the molecule is COc1ccc(C(C(=O)NC(C)(C)C)N(C[C@H]2CC[C@@H]([C@@H]3CC[C@H](CO[Si](C)(C)C(C)(C)C)O3)O2)C(=O)c2ccccc2)cc1. The van der Waals surface area contributed by atoms with Gasteiger partial charge in [0.05, 0.1) is 38.1 Å². The molecule has 0 radical (unpaired) electrons. The minimum Gasteiger partial charge on any atom is -0.497 e. The Labute approximate surface area is 271 Å². The molecule has 2 amide bonds. The minimum absolute atomic E-state index is 0.00265. The number of nitrogens with zero attached hydrogens (tertiary/aromatic N) is 1. The lowest BCUT2D eigenvalue weighted by molar-refractivity contribution is -0.128. The molecular weight excluding hydrogens is 584 g/mol. The maximum absolute atomic E-state index is 14.2. The average Bonchev–Trinajstić information content (AvgIpc) is 3.64. The van der Waals surface area contributed by atoms with E-state index < -0.39 is 19.9 Å². The van der Waals surface area contributed by atoms with Crippen molar-refractivity contribution in [1.29, 1.82) is 0 Å². The maximum atomic E-state index is 14.2. The van der Waals surface area contributed by atoms with Crippen LogP contribution in [0.5, 0.6) is 5.75 Å². The topological polar surface area (TPSA) is 86.3 Å². The molecule has 4 rings (SSSR count). The smallest absolute Gasteiger partial charge is 0.254 e. The van der Waals surface area contributed by atoms with Crippen LogP contribution in [0.25, 0.3) is 0 Å². The zero-order chi connectivity index (χ0) is 33.0. The van der Waals surface area contributed by atoms with Crippen molar-refractivity contribution in [3.8, 4) is 5.75 Å². The van der Waals surface area contributed by atoms with Crippen molar-refractivity contribution in [3.63, 3.8) is 0 Å². The van der Waals surface area contributed by atoms with Gasteiger partial charge in [-0.05, 0) is 94.4 Å². The number of ether oxygens (including phenoxy) is 3. The molecule has 8 nitrogen and oxygen atoms in total. The first-order valence-corrected chi connectivity index (χ1v) is 19.3. The fourth-order valence-electron chi connectivity index (χ4n) is 5.76. The number of methoxy groups -OCH3 is 1. The van der Waals surface area contributed by atoms with Crippen molar-refractivity contribution >= 4 is 20.1 Å². The second kappa shape index (κ2) is 14.4. The lowest BCUT2D eigenvalue weighted by Gasteiger charge is -2.37. The van der Waals surface area contributed by atoms with Crippen molar-refractivity contribution in [2.24, 2.45) is 0 Å². The molecule has 1 unspecified atom stereocenters. The maximum Gasteiger partial charge on any atom is 0.254 e. The van der Waals surface area contributed by atoms with E-state index in [2.05, 4.69) is 39.2 Å². The van der Waals surface area contributed by atoms with E-state index in [0.29, 0.717) is 23.5 Å². The van der Waals surface area contributed by atoms with Gasteiger partial charge >= 0.3 is 0 Å². The molecule has 0 bridgehead atoms. The monoisotopic (exact) mass is 638 g/mol. The number of hydrogen-bond acceptors (Lipinski definition) is 6. The molecule has 5 atom stereocenters. The molecule has 9 heteroatoms.